The van der Waals surface area contributed by atoms with Crippen molar-refractivity contribution < 1.29 is 4.79 Å². The molecule has 0 unspecified atom stereocenters. The van der Waals surface area contributed by atoms with Crippen molar-refractivity contribution >= 4 is 17.2 Å². The first kappa shape index (κ1) is 16.1. The monoisotopic (exact) mass is 345 g/mol. The molecule has 2 N–H and O–H groups in total. The van der Waals surface area contributed by atoms with Crippen molar-refractivity contribution in [3.8, 4) is 11.3 Å². The Morgan fingerprint density at radius 3 is 2.65 bits per heavy atom. The number of imidazole rings is 1. The minimum absolute atomic E-state index is 0.179. The third-order valence-corrected chi connectivity index (χ3v) is 4.48. The molecule has 0 atom stereocenters. The molecule has 0 aliphatic rings. The number of rotatable bonds is 3. The summed E-state index contributed by atoms with van der Waals surface area (Å²) >= 11 is 0. The molecule has 6 heteroatoms. The van der Waals surface area contributed by atoms with Crippen LogP contribution in [0.25, 0.3) is 16.9 Å². The van der Waals surface area contributed by atoms with Crippen molar-refractivity contribution in [1.29, 1.82) is 0 Å². The van der Waals surface area contributed by atoms with Gasteiger partial charge in [0.25, 0.3) is 5.91 Å². The molecule has 0 spiro atoms. The van der Waals surface area contributed by atoms with Gasteiger partial charge in [-0.3, -0.25) is 9.89 Å². The van der Waals surface area contributed by atoms with Crippen LogP contribution in [-0.4, -0.2) is 25.5 Å². The molecular formula is C20H19N5O. The quantitative estimate of drug-likeness (QED) is 0.591. The van der Waals surface area contributed by atoms with Gasteiger partial charge in [-0.2, -0.15) is 5.10 Å². The van der Waals surface area contributed by atoms with E-state index in [1.54, 1.807) is 0 Å². The number of aryl methyl sites for hydroxylation is 3. The first-order chi connectivity index (χ1) is 12.5. The Balaban J connectivity index is 1.75. The Kier molecular flexibility index (Phi) is 3.80. The number of benzene rings is 1. The molecule has 0 fully saturated rings. The van der Waals surface area contributed by atoms with Crippen molar-refractivity contribution in [3.63, 3.8) is 0 Å². The minimum atomic E-state index is -0.179. The van der Waals surface area contributed by atoms with Crippen LogP contribution in [0.4, 0.5) is 5.69 Å². The van der Waals surface area contributed by atoms with Gasteiger partial charge in [0.05, 0.1) is 22.6 Å². The number of nitrogens with zero attached hydrogens (tertiary/aromatic N) is 3. The number of carbonyl (C=O) groups excluding carboxylic acids is 1. The number of hydrogen-bond acceptors (Lipinski definition) is 3. The van der Waals surface area contributed by atoms with Crippen molar-refractivity contribution in [1.82, 2.24) is 19.6 Å². The van der Waals surface area contributed by atoms with Gasteiger partial charge in [-0.05, 0) is 38.5 Å². The lowest BCUT2D eigenvalue weighted by atomic mass is 10.1. The fraction of sp³-hybridized carbons (Fsp3) is 0.150. The van der Waals surface area contributed by atoms with Gasteiger partial charge in [0, 0.05) is 23.7 Å². The highest BCUT2D eigenvalue weighted by Crippen LogP contribution is 2.28. The van der Waals surface area contributed by atoms with Crippen LogP contribution in [-0.2, 0) is 0 Å². The number of carbonyl (C=O) groups is 1. The summed E-state index contributed by atoms with van der Waals surface area (Å²) in [5.41, 5.74) is 6.43. The molecule has 1 aromatic carbocycles. The van der Waals surface area contributed by atoms with E-state index in [9.17, 15) is 4.79 Å². The Bertz CT molecular complexity index is 1100. The summed E-state index contributed by atoms with van der Waals surface area (Å²) < 4.78 is 1.99. The number of hydrogen-bond donors (Lipinski definition) is 2. The minimum Gasteiger partial charge on any atom is -0.321 e. The zero-order chi connectivity index (χ0) is 18.3. The number of amides is 1. The van der Waals surface area contributed by atoms with E-state index >= 15 is 0 Å². The number of para-hydroxylation sites is 1. The van der Waals surface area contributed by atoms with Gasteiger partial charge >= 0.3 is 0 Å². The number of pyridine rings is 1. The Morgan fingerprint density at radius 2 is 1.92 bits per heavy atom. The molecule has 3 aromatic heterocycles. The van der Waals surface area contributed by atoms with Crippen LogP contribution in [0.5, 0.6) is 0 Å². The van der Waals surface area contributed by atoms with Gasteiger partial charge in [0.2, 0.25) is 0 Å². The van der Waals surface area contributed by atoms with Crippen LogP contribution < -0.4 is 5.32 Å². The number of fused-ring (bicyclic) bond motifs is 1. The fourth-order valence-electron chi connectivity index (χ4n) is 3.17. The molecule has 0 aliphatic heterocycles. The molecule has 4 aromatic rings. The third-order valence-electron chi connectivity index (χ3n) is 4.48. The van der Waals surface area contributed by atoms with E-state index < -0.39 is 0 Å². The lowest BCUT2D eigenvalue weighted by molar-refractivity contribution is 0.102. The Morgan fingerprint density at radius 1 is 1.12 bits per heavy atom. The largest absolute Gasteiger partial charge is 0.321 e. The van der Waals surface area contributed by atoms with Gasteiger partial charge in [-0.15, -0.1) is 0 Å². The van der Waals surface area contributed by atoms with Crippen LogP contribution in [0.3, 0.4) is 0 Å². The second-order valence-corrected chi connectivity index (χ2v) is 6.36. The van der Waals surface area contributed by atoms with Crippen molar-refractivity contribution in [2.45, 2.75) is 20.8 Å². The molecule has 0 aliphatic carbocycles. The van der Waals surface area contributed by atoms with E-state index in [4.69, 9.17) is 4.98 Å². The summed E-state index contributed by atoms with van der Waals surface area (Å²) in [5, 5.41) is 9.95. The maximum Gasteiger partial charge on any atom is 0.259 e. The van der Waals surface area contributed by atoms with Crippen LogP contribution in [0, 0.1) is 20.8 Å². The average molecular weight is 345 g/mol. The Labute approximate surface area is 150 Å². The van der Waals surface area contributed by atoms with E-state index in [0.29, 0.717) is 11.3 Å². The highest BCUT2D eigenvalue weighted by molar-refractivity contribution is 6.07. The summed E-state index contributed by atoms with van der Waals surface area (Å²) in [7, 11) is 0. The molecule has 0 radical (unpaired) electrons. The number of nitrogens with one attached hydrogen (secondary N) is 2. The number of anilines is 1. The summed E-state index contributed by atoms with van der Waals surface area (Å²) in [5.74, 6) is -0.179. The maximum absolute atomic E-state index is 12.7. The first-order valence-corrected chi connectivity index (χ1v) is 8.41. The Hall–Kier alpha value is -3.41. The van der Waals surface area contributed by atoms with Crippen molar-refractivity contribution in [2.24, 2.45) is 0 Å². The zero-order valence-corrected chi connectivity index (χ0v) is 14.9. The lowest BCUT2D eigenvalue weighted by Crippen LogP contribution is -2.14. The summed E-state index contributed by atoms with van der Waals surface area (Å²) in [6.45, 7) is 5.69. The highest BCUT2D eigenvalue weighted by atomic mass is 16.1. The molecule has 4 rings (SSSR count). The second kappa shape index (κ2) is 6.15. The summed E-state index contributed by atoms with van der Waals surface area (Å²) in [6.07, 6.45) is 3.94. The standard InChI is InChI=1S/C20H19N5O/c1-12-7-6-10-25-11-17(21-19(12)25)15-8-4-5-9-16(15)22-20(26)18-13(2)23-24-14(18)3/h4-11H,1-3H3,(H,22,26)(H,23,24). The molecule has 130 valence electrons. The van der Waals surface area contributed by atoms with Crippen molar-refractivity contribution in [3.05, 3.63) is 71.3 Å². The molecule has 3 heterocycles. The van der Waals surface area contributed by atoms with Crippen LogP contribution in [0.1, 0.15) is 27.3 Å². The third kappa shape index (κ3) is 2.65. The first-order valence-electron chi connectivity index (χ1n) is 8.41. The molecule has 0 bridgehead atoms. The average Bonchev–Trinajstić information content (AvgIpc) is 3.19. The van der Waals surface area contributed by atoms with E-state index in [1.807, 2.05) is 74.0 Å². The maximum atomic E-state index is 12.7. The number of aromatic amines is 1. The van der Waals surface area contributed by atoms with Crippen LogP contribution in [0.2, 0.25) is 0 Å². The zero-order valence-electron chi connectivity index (χ0n) is 14.9. The molecule has 6 nitrogen and oxygen atoms in total. The van der Waals surface area contributed by atoms with E-state index in [-0.39, 0.29) is 5.91 Å². The van der Waals surface area contributed by atoms with Crippen molar-refractivity contribution in [2.75, 3.05) is 5.32 Å². The van der Waals surface area contributed by atoms with E-state index in [2.05, 4.69) is 15.5 Å². The molecule has 1 amide bonds. The lowest BCUT2D eigenvalue weighted by Gasteiger charge is -2.09. The van der Waals surface area contributed by atoms with E-state index in [0.717, 1.165) is 33.8 Å². The molecular weight excluding hydrogens is 326 g/mol. The SMILES string of the molecule is Cc1n[nH]c(C)c1C(=O)Nc1ccccc1-c1cn2cccc(C)c2n1. The van der Waals surface area contributed by atoms with Crippen LogP contribution >= 0.6 is 0 Å². The molecule has 0 saturated carbocycles. The predicted octanol–water partition coefficient (Wildman–Crippen LogP) is 3.90. The fourth-order valence-corrected chi connectivity index (χ4v) is 3.17. The van der Waals surface area contributed by atoms with Gasteiger partial charge in [0.1, 0.15) is 5.65 Å². The van der Waals surface area contributed by atoms with Gasteiger partial charge in [-0.25, -0.2) is 4.98 Å². The molecule has 0 saturated heterocycles. The van der Waals surface area contributed by atoms with Crippen LogP contribution in [0.15, 0.2) is 48.8 Å². The second-order valence-electron chi connectivity index (χ2n) is 6.36. The summed E-state index contributed by atoms with van der Waals surface area (Å²) in [6, 6.07) is 11.7. The predicted molar refractivity (Wildman–Crippen MR) is 101 cm³/mol. The summed E-state index contributed by atoms with van der Waals surface area (Å²) in [4.78, 5) is 17.5. The topological polar surface area (TPSA) is 75.1 Å². The van der Waals surface area contributed by atoms with Gasteiger partial charge in [0.15, 0.2) is 0 Å². The number of aromatic nitrogens is 4. The normalized spacial score (nSPS) is 11.0. The molecule has 26 heavy (non-hydrogen) atoms. The smallest absolute Gasteiger partial charge is 0.259 e. The van der Waals surface area contributed by atoms with Gasteiger partial charge < -0.3 is 9.72 Å². The highest BCUT2D eigenvalue weighted by Gasteiger charge is 2.17. The number of H-pyrrole nitrogens is 1. The van der Waals surface area contributed by atoms with Gasteiger partial charge in [-0.1, -0.05) is 24.3 Å². The van der Waals surface area contributed by atoms with E-state index in [1.165, 1.54) is 0 Å².